The summed E-state index contributed by atoms with van der Waals surface area (Å²) < 4.78 is 12.9. The van der Waals surface area contributed by atoms with E-state index in [-0.39, 0.29) is 13.2 Å². The van der Waals surface area contributed by atoms with Crippen LogP contribution in [0.2, 0.25) is 0 Å². The molecule has 2 heterocycles. The van der Waals surface area contributed by atoms with Gasteiger partial charge in [0.05, 0.1) is 50.0 Å². The van der Waals surface area contributed by atoms with Gasteiger partial charge in [0.2, 0.25) is 0 Å². The molecule has 2 rings (SSSR count). The number of aliphatic hydroxyl groups excluding tert-OH is 2. The highest BCUT2D eigenvalue weighted by Gasteiger charge is 2.36. The van der Waals surface area contributed by atoms with Gasteiger partial charge in [0.1, 0.15) is 22.7 Å². The fourth-order valence-electron chi connectivity index (χ4n) is 3.14. The SMILES string of the molecule is CC(C)(N=NC(C)(C)C1=NCCN1CCO)C1=NCCN1CCO.OCl.OCl. The van der Waals surface area contributed by atoms with Crippen LogP contribution < -0.4 is 0 Å². The minimum Gasteiger partial charge on any atom is -0.395 e. The van der Waals surface area contributed by atoms with Crippen molar-refractivity contribution in [3.8, 4) is 0 Å². The van der Waals surface area contributed by atoms with Crippen LogP contribution >= 0.6 is 23.7 Å². The molecule has 2 aliphatic heterocycles. The number of rotatable bonds is 8. The van der Waals surface area contributed by atoms with E-state index < -0.39 is 11.1 Å². The monoisotopic (exact) mass is 442 g/mol. The number of amidine groups is 2. The van der Waals surface area contributed by atoms with Crippen LogP contribution in [0.3, 0.4) is 0 Å². The first-order chi connectivity index (χ1) is 13.3. The molecule has 0 unspecified atom stereocenters. The maximum Gasteiger partial charge on any atom is 0.133 e. The van der Waals surface area contributed by atoms with E-state index in [0.717, 1.165) is 37.9 Å². The number of hydrogen-bond acceptors (Lipinski definition) is 10. The predicted molar refractivity (Wildman–Crippen MR) is 111 cm³/mol. The van der Waals surface area contributed by atoms with E-state index >= 15 is 0 Å². The highest BCUT2D eigenvalue weighted by atomic mass is 35.5. The lowest BCUT2D eigenvalue weighted by atomic mass is 10.0. The number of hydrogen-bond donors (Lipinski definition) is 4. The smallest absolute Gasteiger partial charge is 0.133 e. The zero-order chi connectivity index (χ0) is 21.8. The highest BCUT2D eigenvalue weighted by molar-refractivity contribution is 6.05. The molecule has 0 saturated carbocycles. The molecule has 0 saturated heterocycles. The zero-order valence-electron chi connectivity index (χ0n) is 16.9. The zero-order valence-corrected chi connectivity index (χ0v) is 18.4. The van der Waals surface area contributed by atoms with Gasteiger partial charge in [0.25, 0.3) is 0 Å². The number of β-amino-alcohol motifs (C(OH)–C–C–N with tert-alkyl or cyclic N) is 2. The van der Waals surface area contributed by atoms with Crippen molar-refractivity contribution in [1.29, 1.82) is 0 Å². The van der Waals surface area contributed by atoms with Crippen molar-refractivity contribution in [3.63, 3.8) is 0 Å². The first-order valence-corrected chi connectivity index (χ1v) is 9.59. The third-order valence-electron chi connectivity index (χ3n) is 4.25. The van der Waals surface area contributed by atoms with Crippen LogP contribution in [0.4, 0.5) is 0 Å². The molecule has 0 amide bonds. The molecule has 0 spiro atoms. The van der Waals surface area contributed by atoms with Crippen LogP contribution in [-0.2, 0) is 0 Å². The second-order valence-corrected chi connectivity index (χ2v) is 7.15. The third-order valence-corrected chi connectivity index (χ3v) is 4.25. The molecule has 0 bridgehead atoms. The highest BCUT2D eigenvalue weighted by Crippen LogP contribution is 2.24. The van der Waals surface area contributed by atoms with Crippen molar-refractivity contribution in [1.82, 2.24) is 9.80 Å². The van der Waals surface area contributed by atoms with Crippen LogP contribution in [0.25, 0.3) is 0 Å². The maximum absolute atomic E-state index is 9.20. The van der Waals surface area contributed by atoms with Crippen LogP contribution in [0, 0.1) is 0 Å². The lowest BCUT2D eigenvalue weighted by Gasteiger charge is -2.31. The maximum atomic E-state index is 9.20. The van der Waals surface area contributed by atoms with E-state index in [0.29, 0.717) is 13.1 Å². The molecular formula is C16H32Cl2N6O4. The van der Waals surface area contributed by atoms with Crippen molar-refractivity contribution in [2.75, 3.05) is 52.5 Å². The van der Waals surface area contributed by atoms with Gasteiger partial charge in [-0.3, -0.25) is 19.3 Å². The molecular weight excluding hydrogens is 411 g/mol. The van der Waals surface area contributed by atoms with Gasteiger partial charge in [0, 0.05) is 26.2 Å². The quantitative estimate of drug-likeness (QED) is 0.407. The molecule has 0 aromatic rings. The lowest BCUT2D eigenvalue weighted by Crippen LogP contribution is -2.45. The summed E-state index contributed by atoms with van der Waals surface area (Å²) >= 11 is 7.28. The largest absolute Gasteiger partial charge is 0.395 e. The van der Waals surface area contributed by atoms with Gasteiger partial charge >= 0.3 is 0 Å². The minimum atomic E-state index is -0.552. The van der Waals surface area contributed by atoms with Crippen LogP contribution in [0.5, 0.6) is 0 Å². The third kappa shape index (κ3) is 7.41. The molecule has 0 aromatic heterocycles. The Kier molecular flexibility index (Phi) is 12.7. The first-order valence-electron chi connectivity index (χ1n) is 8.91. The van der Waals surface area contributed by atoms with Crippen LogP contribution in [0.15, 0.2) is 20.2 Å². The molecule has 4 N–H and O–H groups in total. The van der Waals surface area contributed by atoms with Crippen LogP contribution in [0.1, 0.15) is 27.7 Å². The van der Waals surface area contributed by atoms with Gasteiger partial charge in [-0.25, -0.2) is 0 Å². The van der Waals surface area contributed by atoms with E-state index in [1.165, 1.54) is 0 Å². The van der Waals surface area contributed by atoms with Crippen LogP contribution in [-0.4, -0.2) is 105 Å². The summed E-state index contributed by atoms with van der Waals surface area (Å²) in [5.41, 5.74) is -1.10. The summed E-state index contributed by atoms with van der Waals surface area (Å²) in [4.78, 5) is 13.2. The molecule has 0 aromatic carbocycles. The van der Waals surface area contributed by atoms with Crippen molar-refractivity contribution in [3.05, 3.63) is 0 Å². The van der Waals surface area contributed by atoms with Gasteiger partial charge in [-0.1, -0.05) is 0 Å². The number of halogens is 2. The number of nitrogens with zero attached hydrogens (tertiary/aromatic N) is 6. The second kappa shape index (κ2) is 13.2. The van der Waals surface area contributed by atoms with Crippen molar-refractivity contribution >= 4 is 35.4 Å². The molecule has 0 fully saturated rings. The van der Waals surface area contributed by atoms with Gasteiger partial charge in [0.15, 0.2) is 0 Å². The van der Waals surface area contributed by atoms with Crippen molar-refractivity contribution in [2.24, 2.45) is 20.2 Å². The van der Waals surface area contributed by atoms with Gasteiger partial charge < -0.3 is 20.0 Å². The van der Waals surface area contributed by atoms with E-state index in [4.69, 9.17) is 9.32 Å². The summed E-state index contributed by atoms with van der Waals surface area (Å²) in [6.07, 6.45) is 0. The first kappa shape index (κ1) is 27.0. The summed E-state index contributed by atoms with van der Waals surface area (Å²) in [5.74, 6) is 1.74. The standard InChI is InChI=1S/C16H30N6O2.2ClHO/c1-15(2,13-17-5-7-21(13)9-11-23)19-20-16(3,4)14-18-6-8-22(14)10-12-24;2*1-2/h23-24H,5-12H2,1-4H3;2*2H. The summed E-state index contributed by atoms with van der Waals surface area (Å²) in [6, 6.07) is 0. The second-order valence-electron chi connectivity index (χ2n) is 7.15. The Balaban J connectivity index is 0.00000171. The van der Waals surface area contributed by atoms with Crippen molar-refractivity contribution < 1.29 is 19.5 Å². The topological polar surface area (TPSA) is 137 Å². The summed E-state index contributed by atoms with van der Waals surface area (Å²) in [7, 11) is 0. The molecule has 2 aliphatic rings. The Morgan fingerprint density at radius 3 is 1.39 bits per heavy atom. The molecule has 0 radical (unpaired) electrons. The average Bonchev–Trinajstić information content (AvgIpc) is 3.35. The summed E-state index contributed by atoms with van der Waals surface area (Å²) in [5, 5.41) is 27.6. The Labute approximate surface area is 176 Å². The predicted octanol–water partition coefficient (Wildman–Crippen LogP) is 0.674. The molecule has 10 nitrogen and oxygen atoms in total. The Hall–Kier alpha value is -1.04. The van der Waals surface area contributed by atoms with Gasteiger partial charge in [-0.15, -0.1) is 0 Å². The molecule has 28 heavy (non-hydrogen) atoms. The average molecular weight is 443 g/mol. The molecule has 0 atom stereocenters. The van der Waals surface area contributed by atoms with Gasteiger partial charge in [-0.2, -0.15) is 10.2 Å². The van der Waals surface area contributed by atoms with E-state index in [1.807, 2.05) is 27.7 Å². The minimum absolute atomic E-state index is 0.102. The molecule has 164 valence electrons. The Morgan fingerprint density at radius 1 is 0.786 bits per heavy atom. The number of aliphatic hydroxyl groups is 2. The molecule has 12 heteroatoms. The fraction of sp³-hybridized carbons (Fsp3) is 0.875. The number of azo groups is 1. The van der Waals surface area contributed by atoms with E-state index in [2.05, 4.69) is 53.7 Å². The number of aliphatic imine (C=N–C) groups is 2. The Morgan fingerprint density at radius 2 is 1.11 bits per heavy atom. The van der Waals surface area contributed by atoms with E-state index in [9.17, 15) is 10.2 Å². The fourth-order valence-corrected chi connectivity index (χ4v) is 3.14. The lowest BCUT2D eigenvalue weighted by molar-refractivity contribution is 0.250. The van der Waals surface area contributed by atoms with Gasteiger partial charge in [-0.05, 0) is 27.7 Å². The normalized spacial score (nSPS) is 17.1. The summed E-state index contributed by atoms with van der Waals surface area (Å²) in [6.45, 7) is 12.4. The van der Waals surface area contributed by atoms with E-state index in [1.54, 1.807) is 0 Å². The molecule has 0 aliphatic carbocycles. The Bertz CT molecular complexity index is 497. The van der Waals surface area contributed by atoms with Crippen molar-refractivity contribution in [2.45, 2.75) is 38.8 Å².